The first-order chi connectivity index (χ1) is 29.8. The largest absolute Gasteiger partial charge is 0.309 e. The Bertz CT molecular complexity index is 3500. The Morgan fingerprint density at radius 2 is 0.883 bits per heavy atom. The molecular weight excluding hydrogens is 725 g/mol. The van der Waals surface area contributed by atoms with E-state index >= 15 is 0 Å². The fourth-order valence-corrected chi connectivity index (χ4v) is 10.8. The van der Waals surface area contributed by atoms with Gasteiger partial charge in [0.2, 0.25) is 0 Å². The second-order valence-corrected chi connectivity index (χ2v) is 16.2. The zero-order chi connectivity index (χ0) is 39.4. The van der Waals surface area contributed by atoms with Crippen LogP contribution in [0.15, 0.2) is 218 Å². The molecule has 278 valence electrons. The third-order valence-electron chi connectivity index (χ3n) is 13.2. The number of pyridine rings is 1. The predicted octanol–water partition coefficient (Wildman–Crippen LogP) is 14.7. The van der Waals surface area contributed by atoms with Crippen molar-refractivity contribution in [1.82, 2.24) is 9.55 Å². The molecule has 9 aromatic carbocycles. The minimum Gasteiger partial charge on any atom is -0.309 e. The summed E-state index contributed by atoms with van der Waals surface area (Å²) in [6, 6.07) is 80.2. The standard InChI is InChI=1S/C58H36N2/c1-2-16-37(17-3-1)40-35-52(39-19-14-20-41(34-39)60-54-30-12-8-22-43(54)44-23-9-13-31-55(44)60)59-53(36-40)47-26-15-29-50-57(47)46-25-7-11-28-49(46)58(50)48-27-10-6-24-45(48)56-42-21-5-4-18-38(42)32-33-51(56)58/h1-36H. The molecule has 0 radical (unpaired) electrons. The van der Waals surface area contributed by atoms with E-state index in [9.17, 15) is 0 Å². The Morgan fingerprint density at radius 3 is 1.65 bits per heavy atom. The number of nitrogens with zero attached hydrogens (tertiary/aromatic N) is 2. The van der Waals surface area contributed by atoms with Crippen LogP contribution in [0.3, 0.4) is 0 Å². The smallest absolute Gasteiger partial charge is 0.0725 e. The molecule has 2 aromatic heterocycles. The van der Waals surface area contributed by atoms with Crippen molar-refractivity contribution >= 4 is 32.6 Å². The molecule has 0 amide bonds. The number of fused-ring (bicyclic) bond motifs is 15. The van der Waals surface area contributed by atoms with E-state index in [0.717, 1.165) is 39.3 Å². The van der Waals surface area contributed by atoms with Crippen LogP contribution in [0.4, 0.5) is 0 Å². The minimum absolute atomic E-state index is 0.464. The predicted molar refractivity (Wildman–Crippen MR) is 249 cm³/mol. The zero-order valence-electron chi connectivity index (χ0n) is 32.7. The number of aromatic nitrogens is 2. The SMILES string of the molecule is c1ccc(-c2cc(-c3cccc(-n4c5ccccc5c5ccccc54)c3)nc(-c3cccc4c3-c3ccccc3C43c4ccccc4-c4c3ccc3ccccc43)c2)cc1. The summed E-state index contributed by atoms with van der Waals surface area (Å²) in [6.07, 6.45) is 0. The highest BCUT2D eigenvalue weighted by molar-refractivity contribution is 6.10. The summed E-state index contributed by atoms with van der Waals surface area (Å²) in [7, 11) is 0. The molecule has 2 aliphatic rings. The third kappa shape index (κ3) is 4.50. The van der Waals surface area contributed by atoms with E-state index in [2.05, 4.69) is 223 Å². The van der Waals surface area contributed by atoms with E-state index < -0.39 is 5.41 Å². The first-order valence-electron chi connectivity index (χ1n) is 20.8. The Balaban J connectivity index is 1.06. The topological polar surface area (TPSA) is 17.8 Å². The van der Waals surface area contributed by atoms with Gasteiger partial charge >= 0.3 is 0 Å². The van der Waals surface area contributed by atoms with Crippen LogP contribution >= 0.6 is 0 Å². The molecule has 0 N–H and O–H groups in total. The highest BCUT2D eigenvalue weighted by Gasteiger charge is 2.52. The molecule has 1 unspecified atom stereocenters. The molecule has 1 spiro atoms. The summed E-state index contributed by atoms with van der Waals surface area (Å²) < 4.78 is 2.39. The highest BCUT2D eigenvalue weighted by Crippen LogP contribution is 2.64. The molecular formula is C58H36N2. The second-order valence-electron chi connectivity index (χ2n) is 16.2. The molecule has 0 aliphatic heterocycles. The van der Waals surface area contributed by atoms with Crippen molar-refractivity contribution in [1.29, 1.82) is 0 Å². The van der Waals surface area contributed by atoms with E-state index in [0.29, 0.717) is 0 Å². The lowest BCUT2D eigenvalue weighted by Gasteiger charge is -2.30. The molecule has 2 nitrogen and oxygen atoms in total. The number of benzene rings is 9. The van der Waals surface area contributed by atoms with Crippen molar-refractivity contribution in [3.8, 4) is 61.6 Å². The number of hydrogen-bond acceptors (Lipinski definition) is 1. The molecule has 0 fully saturated rings. The summed E-state index contributed by atoms with van der Waals surface area (Å²) in [6.45, 7) is 0. The molecule has 60 heavy (non-hydrogen) atoms. The molecule has 0 saturated heterocycles. The summed E-state index contributed by atoms with van der Waals surface area (Å²) in [4.78, 5) is 5.63. The van der Waals surface area contributed by atoms with Gasteiger partial charge in [0.1, 0.15) is 0 Å². The van der Waals surface area contributed by atoms with Crippen molar-refractivity contribution in [2.75, 3.05) is 0 Å². The van der Waals surface area contributed by atoms with E-state index in [1.165, 1.54) is 77.1 Å². The lowest BCUT2D eigenvalue weighted by Crippen LogP contribution is -2.25. The van der Waals surface area contributed by atoms with Gasteiger partial charge in [-0.15, -0.1) is 0 Å². The fraction of sp³-hybridized carbons (Fsp3) is 0.0172. The van der Waals surface area contributed by atoms with E-state index in [1.807, 2.05) is 0 Å². The van der Waals surface area contributed by atoms with Crippen LogP contribution in [0, 0.1) is 0 Å². The maximum absolute atomic E-state index is 5.63. The van der Waals surface area contributed by atoms with Gasteiger partial charge in [-0.1, -0.05) is 182 Å². The van der Waals surface area contributed by atoms with Gasteiger partial charge in [-0.3, -0.25) is 0 Å². The quantitative estimate of drug-likeness (QED) is 0.175. The van der Waals surface area contributed by atoms with Crippen LogP contribution in [0.1, 0.15) is 22.3 Å². The van der Waals surface area contributed by atoms with Gasteiger partial charge in [0, 0.05) is 27.6 Å². The summed E-state index contributed by atoms with van der Waals surface area (Å²) in [5, 5.41) is 5.06. The van der Waals surface area contributed by atoms with Crippen LogP contribution in [-0.4, -0.2) is 9.55 Å². The Labute approximate surface area is 348 Å². The van der Waals surface area contributed by atoms with Gasteiger partial charge in [-0.2, -0.15) is 0 Å². The van der Waals surface area contributed by atoms with Crippen LogP contribution in [0.25, 0.3) is 94.2 Å². The van der Waals surface area contributed by atoms with Crippen molar-refractivity contribution < 1.29 is 0 Å². The number of hydrogen-bond donors (Lipinski definition) is 0. The Kier molecular flexibility index (Phi) is 6.97. The first-order valence-corrected chi connectivity index (χ1v) is 20.8. The van der Waals surface area contributed by atoms with E-state index in [1.54, 1.807) is 0 Å². The van der Waals surface area contributed by atoms with Gasteiger partial charge < -0.3 is 4.57 Å². The van der Waals surface area contributed by atoms with Gasteiger partial charge in [0.15, 0.2) is 0 Å². The highest BCUT2D eigenvalue weighted by atomic mass is 15.0. The molecule has 11 aromatic rings. The summed E-state index contributed by atoms with van der Waals surface area (Å²) >= 11 is 0. The normalized spacial score (nSPS) is 14.7. The van der Waals surface area contributed by atoms with Gasteiger partial charge in [-0.05, 0) is 103 Å². The van der Waals surface area contributed by atoms with Crippen LogP contribution in [0.5, 0.6) is 0 Å². The summed E-state index contributed by atoms with van der Waals surface area (Å²) in [5.41, 5.74) is 19.9. The Morgan fingerprint density at radius 1 is 0.333 bits per heavy atom. The van der Waals surface area contributed by atoms with Crippen molar-refractivity contribution in [2.24, 2.45) is 0 Å². The molecule has 1 atom stereocenters. The molecule has 2 aliphatic carbocycles. The molecule has 0 bridgehead atoms. The summed E-state index contributed by atoms with van der Waals surface area (Å²) in [5.74, 6) is 0. The van der Waals surface area contributed by atoms with Crippen LogP contribution < -0.4 is 0 Å². The van der Waals surface area contributed by atoms with Gasteiger partial charge in [0.25, 0.3) is 0 Å². The lowest BCUT2D eigenvalue weighted by atomic mass is 9.70. The monoisotopic (exact) mass is 760 g/mol. The van der Waals surface area contributed by atoms with E-state index in [-0.39, 0.29) is 0 Å². The van der Waals surface area contributed by atoms with Crippen molar-refractivity contribution in [2.45, 2.75) is 5.41 Å². The van der Waals surface area contributed by atoms with Crippen LogP contribution in [0.2, 0.25) is 0 Å². The molecule has 0 saturated carbocycles. The van der Waals surface area contributed by atoms with Gasteiger partial charge in [0.05, 0.1) is 27.8 Å². The number of rotatable bonds is 4. The minimum atomic E-state index is -0.464. The molecule has 2 heterocycles. The lowest BCUT2D eigenvalue weighted by molar-refractivity contribution is 0.794. The average molecular weight is 761 g/mol. The van der Waals surface area contributed by atoms with E-state index in [4.69, 9.17) is 4.98 Å². The molecule has 13 rings (SSSR count). The first kappa shape index (κ1) is 33.2. The van der Waals surface area contributed by atoms with Crippen molar-refractivity contribution in [3.05, 3.63) is 241 Å². The van der Waals surface area contributed by atoms with Crippen LogP contribution in [-0.2, 0) is 5.41 Å². The van der Waals surface area contributed by atoms with Gasteiger partial charge in [-0.25, -0.2) is 4.98 Å². The zero-order valence-corrected chi connectivity index (χ0v) is 32.7. The fourth-order valence-electron chi connectivity index (χ4n) is 10.8. The average Bonchev–Trinajstić information content (AvgIpc) is 3.94. The van der Waals surface area contributed by atoms with Crippen molar-refractivity contribution in [3.63, 3.8) is 0 Å². The molecule has 2 heteroatoms. The number of para-hydroxylation sites is 2. The maximum Gasteiger partial charge on any atom is 0.0725 e. The third-order valence-corrected chi connectivity index (χ3v) is 13.2. The maximum atomic E-state index is 5.63. The Hall–Kier alpha value is -7.81. The second kappa shape index (κ2) is 12.6.